The van der Waals surface area contributed by atoms with Crippen molar-refractivity contribution in [2.75, 3.05) is 25.0 Å². The summed E-state index contributed by atoms with van der Waals surface area (Å²) in [5.41, 5.74) is 0.137. The van der Waals surface area contributed by atoms with Crippen molar-refractivity contribution in [2.24, 2.45) is 0 Å². The number of rotatable bonds is 3. The Morgan fingerprint density at radius 2 is 2.33 bits per heavy atom. The van der Waals surface area contributed by atoms with Gasteiger partial charge in [0.25, 0.3) is 5.69 Å². The molecule has 0 aliphatic carbocycles. The molecule has 7 heteroatoms. The van der Waals surface area contributed by atoms with Gasteiger partial charge in [0.05, 0.1) is 9.95 Å². The average Bonchev–Trinajstić information content (AvgIpc) is 2.80. The van der Waals surface area contributed by atoms with Crippen molar-refractivity contribution in [3.05, 3.63) is 33.1 Å². The van der Waals surface area contributed by atoms with E-state index in [9.17, 15) is 14.5 Å². The van der Waals surface area contributed by atoms with Crippen LogP contribution in [0.15, 0.2) is 12.1 Å². The molecule has 0 amide bonds. The standard InChI is InChI=1S/C11H13ClFN3O2/c1-14-7-2-3-15(6-7)10-5-9(13)8(12)4-11(10)16(17)18/h4-5,7,14H,2-3,6H2,1H3. The molecular weight excluding hydrogens is 261 g/mol. The van der Waals surface area contributed by atoms with Crippen LogP contribution in [0.2, 0.25) is 5.02 Å². The number of nitrogens with one attached hydrogen (secondary N) is 1. The van der Waals surface area contributed by atoms with E-state index in [1.165, 1.54) is 0 Å². The van der Waals surface area contributed by atoms with Crippen LogP contribution in [0.1, 0.15) is 6.42 Å². The summed E-state index contributed by atoms with van der Waals surface area (Å²) in [6.07, 6.45) is 0.873. The molecule has 1 aliphatic heterocycles. The van der Waals surface area contributed by atoms with Gasteiger partial charge in [0.15, 0.2) is 0 Å². The number of hydrogen-bond donors (Lipinski definition) is 1. The van der Waals surface area contributed by atoms with Crippen LogP contribution in [0.25, 0.3) is 0 Å². The van der Waals surface area contributed by atoms with Gasteiger partial charge in [0, 0.05) is 31.3 Å². The summed E-state index contributed by atoms with van der Waals surface area (Å²) >= 11 is 5.58. The van der Waals surface area contributed by atoms with Gasteiger partial charge in [-0.3, -0.25) is 10.1 Å². The maximum absolute atomic E-state index is 13.5. The summed E-state index contributed by atoms with van der Waals surface area (Å²) in [6, 6.07) is 2.47. The van der Waals surface area contributed by atoms with Crippen LogP contribution >= 0.6 is 11.6 Å². The lowest BCUT2D eigenvalue weighted by Crippen LogP contribution is -2.29. The monoisotopic (exact) mass is 273 g/mol. The van der Waals surface area contributed by atoms with E-state index in [-0.39, 0.29) is 16.8 Å². The maximum atomic E-state index is 13.5. The van der Waals surface area contributed by atoms with Crippen LogP contribution in [-0.2, 0) is 0 Å². The number of nitro benzene ring substituents is 1. The number of benzene rings is 1. The zero-order chi connectivity index (χ0) is 13.3. The minimum atomic E-state index is -0.634. The van der Waals surface area contributed by atoms with Crippen LogP contribution in [0.5, 0.6) is 0 Å². The summed E-state index contributed by atoms with van der Waals surface area (Å²) in [5.74, 6) is -0.634. The van der Waals surface area contributed by atoms with Gasteiger partial charge in [0.2, 0.25) is 0 Å². The van der Waals surface area contributed by atoms with E-state index in [1.54, 1.807) is 4.90 Å². The van der Waals surface area contributed by atoms with Gasteiger partial charge >= 0.3 is 0 Å². The summed E-state index contributed by atoms with van der Waals surface area (Å²) in [6.45, 7) is 1.28. The van der Waals surface area contributed by atoms with Crippen LogP contribution in [0.3, 0.4) is 0 Å². The van der Waals surface area contributed by atoms with Crippen molar-refractivity contribution in [3.63, 3.8) is 0 Å². The molecule has 1 aromatic carbocycles. The quantitative estimate of drug-likeness (QED) is 0.677. The second-order valence-electron chi connectivity index (χ2n) is 4.23. The van der Waals surface area contributed by atoms with Crippen LogP contribution in [0.4, 0.5) is 15.8 Å². The Kier molecular flexibility index (Phi) is 3.68. The Balaban J connectivity index is 2.37. The van der Waals surface area contributed by atoms with E-state index < -0.39 is 10.7 Å². The van der Waals surface area contributed by atoms with Crippen molar-refractivity contribution >= 4 is 23.0 Å². The molecule has 0 radical (unpaired) electrons. The molecule has 0 spiro atoms. The maximum Gasteiger partial charge on any atom is 0.294 e. The molecule has 1 fully saturated rings. The Labute approximate surface area is 109 Å². The predicted molar refractivity (Wildman–Crippen MR) is 67.7 cm³/mol. The Morgan fingerprint density at radius 3 is 2.89 bits per heavy atom. The van der Waals surface area contributed by atoms with Gasteiger partial charge in [0.1, 0.15) is 11.5 Å². The highest BCUT2D eigenvalue weighted by Gasteiger charge is 2.28. The third-order valence-corrected chi connectivity index (χ3v) is 3.44. The van der Waals surface area contributed by atoms with Crippen molar-refractivity contribution in [2.45, 2.75) is 12.5 Å². The first-order chi connectivity index (χ1) is 8.52. The van der Waals surface area contributed by atoms with E-state index in [2.05, 4.69) is 5.32 Å². The molecular formula is C11H13ClFN3O2. The number of nitro groups is 1. The zero-order valence-electron chi connectivity index (χ0n) is 9.82. The number of halogens is 2. The minimum absolute atomic E-state index is 0.154. The van der Waals surface area contributed by atoms with Crippen molar-refractivity contribution < 1.29 is 9.31 Å². The summed E-state index contributed by atoms with van der Waals surface area (Å²) in [4.78, 5) is 12.2. The Bertz CT molecular complexity index is 484. The van der Waals surface area contributed by atoms with Gasteiger partial charge in [-0.05, 0) is 13.5 Å². The summed E-state index contributed by atoms with van der Waals surface area (Å²) in [7, 11) is 1.84. The average molecular weight is 274 g/mol. The fourth-order valence-corrected chi connectivity index (χ4v) is 2.30. The fourth-order valence-electron chi connectivity index (χ4n) is 2.14. The molecule has 1 N–H and O–H groups in total. The molecule has 1 aliphatic rings. The van der Waals surface area contributed by atoms with Crippen molar-refractivity contribution in [1.29, 1.82) is 0 Å². The SMILES string of the molecule is CNC1CCN(c2cc(F)c(Cl)cc2[N+](=O)[O-])C1. The number of likely N-dealkylation sites (N-methyl/N-ethyl adjacent to an activating group) is 1. The third kappa shape index (κ3) is 2.39. The van der Waals surface area contributed by atoms with Crippen LogP contribution in [0, 0.1) is 15.9 Å². The Hall–Kier alpha value is -1.40. The van der Waals surface area contributed by atoms with E-state index >= 15 is 0 Å². The fraction of sp³-hybridized carbons (Fsp3) is 0.455. The lowest BCUT2D eigenvalue weighted by atomic mass is 10.2. The third-order valence-electron chi connectivity index (χ3n) is 3.15. The second kappa shape index (κ2) is 5.07. The minimum Gasteiger partial charge on any atom is -0.364 e. The van der Waals surface area contributed by atoms with Crippen molar-refractivity contribution in [3.8, 4) is 0 Å². The lowest BCUT2D eigenvalue weighted by molar-refractivity contribution is -0.384. The molecule has 1 atom stereocenters. The van der Waals surface area contributed by atoms with E-state index in [0.29, 0.717) is 18.8 Å². The highest BCUT2D eigenvalue weighted by molar-refractivity contribution is 6.31. The van der Waals surface area contributed by atoms with E-state index in [4.69, 9.17) is 11.6 Å². The highest BCUT2D eigenvalue weighted by Crippen LogP contribution is 2.34. The molecule has 18 heavy (non-hydrogen) atoms. The van der Waals surface area contributed by atoms with Crippen molar-refractivity contribution in [1.82, 2.24) is 5.32 Å². The zero-order valence-corrected chi connectivity index (χ0v) is 10.6. The largest absolute Gasteiger partial charge is 0.364 e. The molecule has 5 nitrogen and oxygen atoms in total. The van der Waals surface area contributed by atoms with Crippen LogP contribution < -0.4 is 10.2 Å². The molecule has 1 saturated heterocycles. The highest BCUT2D eigenvalue weighted by atomic mass is 35.5. The van der Waals surface area contributed by atoms with E-state index in [0.717, 1.165) is 18.6 Å². The van der Waals surface area contributed by atoms with Crippen LogP contribution in [-0.4, -0.2) is 31.1 Å². The molecule has 1 aromatic rings. The lowest BCUT2D eigenvalue weighted by Gasteiger charge is -2.18. The molecule has 98 valence electrons. The number of nitrogens with zero attached hydrogens (tertiary/aromatic N) is 2. The number of anilines is 1. The number of hydrogen-bond acceptors (Lipinski definition) is 4. The van der Waals surface area contributed by atoms with E-state index in [1.807, 2.05) is 7.05 Å². The first kappa shape index (κ1) is 13.0. The van der Waals surface area contributed by atoms with Gasteiger partial charge < -0.3 is 10.2 Å². The topological polar surface area (TPSA) is 58.4 Å². The smallest absolute Gasteiger partial charge is 0.294 e. The molecule has 1 heterocycles. The predicted octanol–water partition coefficient (Wildman–Crippen LogP) is 2.19. The van der Waals surface area contributed by atoms with Gasteiger partial charge in [-0.2, -0.15) is 0 Å². The molecule has 0 saturated carbocycles. The van der Waals surface area contributed by atoms with Gasteiger partial charge in [-0.1, -0.05) is 11.6 Å². The molecule has 1 unspecified atom stereocenters. The molecule has 0 aromatic heterocycles. The Morgan fingerprint density at radius 1 is 1.61 bits per heavy atom. The van der Waals surface area contributed by atoms with Gasteiger partial charge in [-0.15, -0.1) is 0 Å². The first-order valence-corrected chi connectivity index (χ1v) is 5.96. The normalized spacial score (nSPS) is 19.3. The molecule has 2 rings (SSSR count). The van der Waals surface area contributed by atoms with Gasteiger partial charge in [-0.25, -0.2) is 4.39 Å². The first-order valence-electron chi connectivity index (χ1n) is 5.58. The molecule has 0 bridgehead atoms. The summed E-state index contributed by atoms with van der Waals surface area (Å²) < 4.78 is 13.5. The summed E-state index contributed by atoms with van der Waals surface area (Å²) in [5, 5.41) is 13.9. The second-order valence-corrected chi connectivity index (χ2v) is 4.64.